The maximum absolute atomic E-state index is 11.9. The molecule has 0 bridgehead atoms. The van der Waals surface area contributed by atoms with Crippen molar-refractivity contribution in [1.29, 1.82) is 0 Å². The van der Waals surface area contributed by atoms with Gasteiger partial charge in [0.15, 0.2) is 0 Å². The van der Waals surface area contributed by atoms with Gasteiger partial charge in [-0.15, -0.1) is 0 Å². The molecule has 23 heavy (non-hydrogen) atoms. The SMILES string of the molecule is CCN(CC(=O)NC(C)C)Cc1nc(-c2cccc(C)c2)no1. The van der Waals surface area contributed by atoms with Crippen LogP contribution >= 0.6 is 0 Å². The van der Waals surface area contributed by atoms with Gasteiger partial charge in [-0.1, -0.05) is 35.8 Å². The summed E-state index contributed by atoms with van der Waals surface area (Å²) in [5.41, 5.74) is 2.08. The van der Waals surface area contributed by atoms with Crippen LogP contribution in [0.5, 0.6) is 0 Å². The van der Waals surface area contributed by atoms with E-state index in [1.54, 1.807) is 0 Å². The second-order valence-corrected chi connectivity index (χ2v) is 5.91. The Balaban J connectivity index is 2.01. The predicted octanol–water partition coefficient (Wildman–Crippen LogP) is 2.39. The number of carbonyl (C=O) groups excluding carboxylic acids is 1. The Labute approximate surface area is 136 Å². The van der Waals surface area contributed by atoms with Gasteiger partial charge in [0.1, 0.15) is 0 Å². The van der Waals surface area contributed by atoms with Gasteiger partial charge in [-0.3, -0.25) is 9.69 Å². The van der Waals surface area contributed by atoms with E-state index in [1.807, 2.05) is 56.9 Å². The lowest BCUT2D eigenvalue weighted by atomic mass is 10.1. The minimum atomic E-state index is 0.000253. The van der Waals surface area contributed by atoms with Crippen molar-refractivity contribution in [3.63, 3.8) is 0 Å². The summed E-state index contributed by atoms with van der Waals surface area (Å²) in [7, 11) is 0. The molecule has 1 aromatic heterocycles. The van der Waals surface area contributed by atoms with Crippen molar-refractivity contribution in [3.8, 4) is 11.4 Å². The highest BCUT2D eigenvalue weighted by atomic mass is 16.5. The number of rotatable bonds is 7. The largest absolute Gasteiger partial charge is 0.353 e. The highest BCUT2D eigenvalue weighted by Gasteiger charge is 2.15. The van der Waals surface area contributed by atoms with Crippen LogP contribution in [0.1, 0.15) is 32.2 Å². The van der Waals surface area contributed by atoms with Crippen molar-refractivity contribution in [2.24, 2.45) is 0 Å². The lowest BCUT2D eigenvalue weighted by Crippen LogP contribution is -2.39. The highest BCUT2D eigenvalue weighted by molar-refractivity contribution is 5.78. The molecule has 0 aliphatic carbocycles. The van der Waals surface area contributed by atoms with E-state index in [0.717, 1.165) is 17.7 Å². The molecule has 0 saturated heterocycles. The van der Waals surface area contributed by atoms with Gasteiger partial charge in [0.2, 0.25) is 17.6 Å². The number of hydrogen-bond acceptors (Lipinski definition) is 5. The van der Waals surface area contributed by atoms with Crippen LogP contribution in [0, 0.1) is 6.92 Å². The van der Waals surface area contributed by atoms with E-state index < -0.39 is 0 Å². The first-order valence-electron chi connectivity index (χ1n) is 7.89. The maximum Gasteiger partial charge on any atom is 0.241 e. The summed E-state index contributed by atoms with van der Waals surface area (Å²) >= 11 is 0. The molecule has 1 heterocycles. The number of benzene rings is 1. The lowest BCUT2D eigenvalue weighted by molar-refractivity contribution is -0.122. The number of aromatic nitrogens is 2. The number of likely N-dealkylation sites (N-methyl/N-ethyl adjacent to an activating group) is 1. The average Bonchev–Trinajstić information content (AvgIpc) is 2.94. The molecule has 2 rings (SSSR count). The Hall–Kier alpha value is -2.21. The molecule has 0 aliphatic heterocycles. The van der Waals surface area contributed by atoms with Gasteiger partial charge >= 0.3 is 0 Å². The molecule has 1 aromatic carbocycles. The van der Waals surface area contributed by atoms with Crippen molar-refractivity contribution in [3.05, 3.63) is 35.7 Å². The molecule has 0 unspecified atom stereocenters. The Kier molecular flexibility index (Phi) is 5.87. The average molecular weight is 316 g/mol. The van der Waals surface area contributed by atoms with Crippen molar-refractivity contribution in [2.75, 3.05) is 13.1 Å². The summed E-state index contributed by atoms with van der Waals surface area (Å²) in [6, 6.07) is 8.10. The predicted molar refractivity (Wildman–Crippen MR) is 88.7 cm³/mol. The smallest absolute Gasteiger partial charge is 0.241 e. The van der Waals surface area contributed by atoms with E-state index in [2.05, 4.69) is 15.5 Å². The first-order chi connectivity index (χ1) is 11.0. The molecule has 124 valence electrons. The molecule has 0 spiro atoms. The van der Waals surface area contributed by atoms with Crippen LogP contribution in [0.4, 0.5) is 0 Å². The zero-order valence-corrected chi connectivity index (χ0v) is 14.2. The Morgan fingerprint density at radius 3 is 2.83 bits per heavy atom. The van der Waals surface area contributed by atoms with E-state index in [-0.39, 0.29) is 11.9 Å². The Bertz CT molecular complexity index is 652. The molecule has 1 amide bonds. The fraction of sp³-hybridized carbons (Fsp3) is 0.471. The third-order valence-corrected chi connectivity index (χ3v) is 3.37. The van der Waals surface area contributed by atoms with E-state index >= 15 is 0 Å². The Morgan fingerprint density at radius 2 is 2.17 bits per heavy atom. The van der Waals surface area contributed by atoms with Crippen molar-refractivity contribution in [1.82, 2.24) is 20.4 Å². The molecular weight excluding hydrogens is 292 g/mol. The second-order valence-electron chi connectivity index (χ2n) is 5.91. The van der Waals surface area contributed by atoms with E-state index in [9.17, 15) is 4.79 Å². The number of nitrogens with zero attached hydrogens (tertiary/aromatic N) is 3. The van der Waals surface area contributed by atoms with Crippen LogP contribution in [0.2, 0.25) is 0 Å². The number of carbonyl (C=O) groups is 1. The molecule has 0 saturated carbocycles. The molecular formula is C17H24N4O2. The van der Waals surface area contributed by atoms with Gasteiger partial charge in [-0.25, -0.2) is 0 Å². The summed E-state index contributed by atoms with van der Waals surface area (Å²) in [6.45, 7) is 9.42. The standard InChI is InChI=1S/C17H24N4O2/c1-5-21(10-15(22)18-12(2)3)11-16-19-17(20-23-16)14-8-6-7-13(4)9-14/h6-9,12H,5,10-11H2,1-4H3,(H,18,22). The monoisotopic (exact) mass is 316 g/mol. The molecule has 2 aromatic rings. The normalized spacial score (nSPS) is 11.2. The summed E-state index contributed by atoms with van der Waals surface area (Å²) in [6.07, 6.45) is 0. The van der Waals surface area contributed by atoms with Gasteiger partial charge in [-0.2, -0.15) is 4.98 Å². The molecule has 0 aliphatic rings. The van der Waals surface area contributed by atoms with Gasteiger partial charge in [0.25, 0.3) is 0 Å². The summed E-state index contributed by atoms with van der Waals surface area (Å²) in [5.74, 6) is 1.09. The van der Waals surface area contributed by atoms with Crippen LogP contribution in [0.25, 0.3) is 11.4 Å². The van der Waals surface area contributed by atoms with E-state index in [1.165, 1.54) is 0 Å². The molecule has 0 fully saturated rings. The van der Waals surface area contributed by atoms with Crippen LogP contribution in [-0.4, -0.2) is 40.1 Å². The number of hydrogen-bond donors (Lipinski definition) is 1. The molecule has 0 atom stereocenters. The zero-order chi connectivity index (χ0) is 16.8. The van der Waals surface area contributed by atoms with Gasteiger partial charge in [0, 0.05) is 11.6 Å². The van der Waals surface area contributed by atoms with Gasteiger partial charge < -0.3 is 9.84 Å². The van der Waals surface area contributed by atoms with Crippen molar-refractivity contribution >= 4 is 5.91 Å². The molecule has 6 nitrogen and oxygen atoms in total. The van der Waals surface area contributed by atoms with Crippen LogP contribution < -0.4 is 5.32 Å². The van der Waals surface area contributed by atoms with E-state index in [4.69, 9.17) is 4.52 Å². The Morgan fingerprint density at radius 1 is 1.39 bits per heavy atom. The van der Waals surface area contributed by atoms with Gasteiger partial charge in [0.05, 0.1) is 13.1 Å². The topological polar surface area (TPSA) is 71.3 Å². The fourth-order valence-electron chi connectivity index (χ4n) is 2.26. The first-order valence-corrected chi connectivity index (χ1v) is 7.89. The van der Waals surface area contributed by atoms with E-state index in [0.29, 0.717) is 24.8 Å². The lowest BCUT2D eigenvalue weighted by Gasteiger charge is -2.18. The zero-order valence-electron chi connectivity index (χ0n) is 14.2. The first kappa shape index (κ1) is 17.1. The number of aryl methyl sites for hydroxylation is 1. The maximum atomic E-state index is 11.9. The fourth-order valence-corrected chi connectivity index (χ4v) is 2.26. The van der Waals surface area contributed by atoms with Crippen molar-refractivity contribution < 1.29 is 9.32 Å². The molecule has 0 radical (unpaired) electrons. The van der Waals surface area contributed by atoms with Crippen molar-refractivity contribution in [2.45, 2.75) is 40.3 Å². The third-order valence-electron chi connectivity index (χ3n) is 3.37. The molecule has 1 N–H and O–H groups in total. The van der Waals surface area contributed by atoms with Crippen LogP contribution in [-0.2, 0) is 11.3 Å². The van der Waals surface area contributed by atoms with Gasteiger partial charge in [-0.05, 0) is 33.4 Å². The minimum Gasteiger partial charge on any atom is -0.353 e. The minimum absolute atomic E-state index is 0.000253. The summed E-state index contributed by atoms with van der Waals surface area (Å²) in [4.78, 5) is 18.2. The van der Waals surface area contributed by atoms with Crippen LogP contribution in [0.15, 0.2) is 28.8 Å². The number of amides is 1. The summed E-state index contributed by atoms with van der Waals surface area (Å²) in [5, 5.41) is 6.91. The molecule has 6 heteroatoms. The number of nitrogens with one attached hydrogen (secondary N) is 1. The highest BCUT2D eigenvalue weighted by Crippen LogP contribution is 2.17. The summed E-state index contributed by atoms with van der Waals surface area (Å²) < 4.78 is 5.32. The third kappa shape index (κ3) is 5.17. The van der Waals surface area contributed by atoms with Crippen LogP contribution in [0.3, 0.4) is 0 Å². The second kappa shape index (κ2) is 7.87. The quantitative estimate of drug-likeness (QED) is 0.849.